The number of amides is 1. The molecule has 2 aromatic carbocycles. The van der Waals surface area contributed by atoms with Crippen LogP contribution in [0, 0.1) is 0 Å². The number of nitrogens with zero attached hydrogens (tertiary/aromatic N) is 2. The minimum Gasteiger partial charge on any atom is -0.336 e. The van der Waals surface area contributed by atoms with Crippen LogP contribution >= 0.6 is 22.9 Å². The van der Waals surface area contributed by atoms with Crippen LogP contribution < -0.4 is 0 Å². The summed E-state index contributed by atoms with van der Waals surface area (Å²) >= 11 is 7.49. The number of likely N-dealkylation sites (tertiary alicyclic amines) is 1. The van der Waals surface area contributed by atoms with E-state index in [9.17, 15) is 4.79 Å². The van der Waals surface area contributed by atoms with E-state index in [0.29, 0.717) is 10.9 Å². The number of carbonyl (C=O) groups excluding carboxylic acids is 1. The van der Waals surface area contributed by atoms with Crippen LogP contribution in [0.5, 0.6) is 0 Å². The maximum absolute atomic E-state index is 13.0. The van der Waals surface area contributed by atoms with Crippen molar-refractivity contribution in [3.63, 3.8) is 0 Å². The summed E-state index contributed by atoms with van der Waals surface area (Å²) in [6.45, 7) is 1.55. The minimum atomic E-state index is 0.0575. The average Bonchev–Trinajstić information content (AvgIpc) is 2.92. The Morgan fingerprint density at radius 3 is 2.72 bits per heavy atom. The Bertz CT molecular complexity index is 857. The average molecular weight is 371 g/mol. The molecule has 128 valence electrons. The lowest BCUT2D eigenvalue weighted by Gasteiger charge is -2.24. The number of thiazole rings is 1. The molecule has 3 aromatic rings. The van der Waals surface area contributed by atoms with Crippen LogP contribution in [0.4, 0.5) is 0 Å². The van der Waals surface area contributed by atoms with Gasteiger partial charge in [0.15, 0.2) is 5.01 Å². The first-order valence-electron chi connectivity index (χ1n) is 8.61. The topological polar surface area (TPSA) is 33.2 Å². The highest BCUT2D eigenvalue weighted by atomic mass is 35.5. The molecule has 1 fully saturated rings. The van der Waals surface area contributed by atoms with Gasteiger partial charge in [-0.1, -0.05) is 42.3 Å². The van der Waals surface area contributed by atoms with Gasteiger partial charge in [0.05, 0.1) is 10.2 Å². The monoisotopic (exact) mass is 370 g/mol. The van der Waals surface area contributed by atoms with Gasteiger partial charge in [-0.25, -0.2) is 4.98 Å². The Morgan fingerprint density at radius 2 is 1.92 bits per heavy atom. The van der Waals surface area contributed by atoms with Crippen molar-refractivity contribution in [2.45, 2.75) is 25.2 Å². The van der Waals surface area contributed by atoms with E-state index in [4.69, 9.17) is 11.6 Å². The molecule has 0 radical (unpaired) electrons. The van der Waals surface area contributed by atoms with Crippen molar-refractivity contribution in [3.05, 3.63) is 64.1 Å². The van der Waals surface area contributed by atoms with Crippen molar-refractivity contribution in [1.29, 1.82) is 0 Å². The molecular formula is C20H19ClN2OS. The molecule has 4 rings (SSSR count). The molecule has 0 N–H and O–H groups in total. The zero-order valence-corrected chi connectivity index (χ0v) is 15.4. The molecule has 25 heavy (non-hydrogen) atoms. The summed E-state index contributed by atoms with van der Waals surface area (Å²) in [6.07, 6.45) is 3.28. The van der Waals surface area contributed by atoms with Crippen LogP contribution in [0.3, 0.4) is 0 Å². The van der Waals surface area contributed by atoms with E-state index in [2.05, 4.69) is 17.1 Å². The highest BCUT2D eigenvalue weighted by molar-refractivity contribution is 7.20. The fourth-order valence-electron chi connectivity index (χ4n) is 3.43. The largest absolute Gasteiger partial charge is 0.336 e. The van der Waals surface area contributed by atoms with Crippen LogP contribution in [0.1, 0.15) is 40.5 Å². The van der Waals surface area contributed by atoms with E-state index >= 15 is 0 Å². The fraction of sp³-hybridized carbons (Fsp3) is 0.300. The van der Waals surface area contributed by atoms with Crippen LogP contribution in [0.2, 0.25) is 5.02 Å². The normalized spacial score (nSPS) is 18.3. The van der Waals surface area contributed by atoms with Crippen LogP contribution in [-0.4, -0.2) is 28.9 Å². The van der Waals surface area contributed by atoms with Gasteiger partial charge in [0, 0.05) is 24.0 Å². The Kier molecular flexibility index (Phi) is 4.73. The van der Waals surface area contributed by atoms with Gasteiger partial charge in [0.1, 0.15) is 0 Å². The number of hydrogen-bond donors (Lipinski definition) is 0. The predicted octanol–water partition coefficient (Wildman–Crippen LogP) is 5.36. The zero-order valence-electron chi connectivity index (χ0n) is 13.8. The van der Waals surface area contributed by atoms with E-state index in [0.717, 1.165) is 47.6 Å². The summed E-state index contributed by atoms with van der Waals surface area (Å²) in [4.78, 5) is 19.5. The molecule has 0 bridgehead atoms. The summed E-state index contributed by atoms with van der Waals surface area (Å²) in [6, 6.07) is 15.9. The lowest BCUT2D eigenvalue weighted by atomic mass is 9.94. The van der Waals surface area contributed by atoms with E-state index in [1.807, 2.05) is 41.3 Å². The molecule has 2 heterocycles. The summed E-state index contributed by atoms with van der Waals surface area (Å²) < 4.78 is 1.06. The maximum Gasteiger partial charge on any atom is 0.282 e. The fourth-order valence-corrected chi connectivity index (χ4v) is 4.49. The first-order chi connectivity index (χ1) is 12.2. The molecule has 1 unspecified atom stereocenters. The predicted molar refractivity (Wildman–Crippen MR) is 104 cm³/mol. The Balaban J connectivity index is 1.57. The number of hydrogen-bond acceptors (Lipinski definition) is 3. The molecule has 0 spiro atoms. The quantitative estimate of drug-likeness (QED) is 0.608. The third kappa shape index (κ3) is 3.55. The van der Waals surface area contributed by atoms with Gasteiger partial charge in [-0.15, -0.1) is 11.3 Å². The van der Waals surface area contributed by atoms with E-state index in [1.54, 1.807) is 0 Å². The number of aromatic nitrogens is 1. The number of benzene rings is 2. The molecular weight excluding hydrogens is 352 g/mol. The molecule has 1 saturated heterocycles. The molecule has 1 aliphatic rings. The highest BCUT2D eigenvalue weighted by Crippen LogP contribution is 2.29. The number of para-hydroxylation sites is 1. The molecule has 1 aliphatic heterocycles. The van der Waals surface area contributed by atoms with Gasteiger partial charge in [-0.05, 0) is 42.7 Å². The van der Waals surface area contributed by atoms with Gasteiger partial charge < -0.3 is 4.90 Å². The van der Waals surface area contributed by atoms with Crippen LogP contribution in [-0.2, 0) is 0 Å². The molecule has 3 nitrogen and oxygen atoms in total. The first kappa shape index (κ1) is 16.6. The van der Waals surface area contributed by atoms with E-state index < -0.39 is 0 Å². The SMILES string of the molecule is O=C(c1nc2ccccc2s1)N1CCCCC(c2ccc(Cl)cc2)C1. The van der Waals surface area contributed by atoms with Gasteiger partial charge in [-0.3, -0.25) is 4.79 Å². The Hall–Kier alpha value is -1.91. The van der Waals surface area contributed by atoms with Crippen LogP contribution in [0.15, 0.2) is 48.5 Å². The van der Waals surface area contributed by atoms with Crippen molar-refractivity contribution in [3.8, 4) is 0 Å². The van der Waals surface area contributed by atoms with Crippen molar-refractivity contribution in [2.75, 3.05) is 13.1 Å². The second-order valence-electron chi connectivity index (χ2n) is 6.48. The Labute approximate surface area is 156 Å². The lowest BCUT2D eigenvalue weighted by Crippen LogP contribution is -2.34. The second kappa shape index (κ2) is 7.14. The number of carbonyl (C=O) groups is 1. The lowest BCUT2D eigenvalue weighted by molar-refractivity contribution is 0.0754. The highest BCUT2D eigenvalue weighted by Gasteiger charge is 2.25. The van der Waals surface area contributed by atoms with Crippen molar-refractivity contribution in [1.82, 2.24) is 9.88 Å². The number of rotatable bonds is 2. The number of fused-ring (bicyclic) bond motifs is 1. The summed E-state index contributed by atoms with van der Waals surface area (Å²) in [5, 5.41) is 1.35. The van der Waals surface area contributed by atoms with Gasteiger partial charge in [-0.2, -0.15) is 0 Å². The molecule has 0 saturated carbocycles. The number of halogens is 1. The Morgan fingerprint density at radius 1 is 1.12 bits per heavy atom. The summed E-state index contributed by atoms with van der Waals surface area (Å²) in [7, 11) is 0. The van der Waals surface area contributed by atoms with Gasteiger partial charge in [0.2, 0.25) is 0 Å². The van der Waals surface area contributed by atoms with Crippen molar-refractivity contribution < 1.29 is 4.79 Å². The first-order valence-corrected chi connectivity index (χ1v) is 9.80. The smallest absolute Gasteiger partial charge is 0.282 e. The van der Waals surface area contributed by atoms with Crippen LogP contribution in [0.25, 0.3) is 10.2 Å². The van der Waals surface area contributed by atoms with Crippen molar-refractivity contribution >= 4 is 39.1 Å². The molecule has 0 aliphatic carbocycles. The maximum atomic E-state index is 13.0. The molecule has 1 atom stereocenters. The standard InChI is InChI=1S/C20H19ClN2OS/c21-16-10-8-14(9-11-16)15-5-3-4-12-23(13-15)20(24)19-22-17-6-1-2-7-18(17)25-19/h1-2,6-11,15H,3-5,12-13H2. The molecule has 5 heteroatoms. The second-order valence-corrected chi connectivity index (χ2v) is 7.95. The summed E-state index contributed by atoms with van der Waals surface area (Å²) in [5.74, 6) is 0.417. The summed E-state index contributed by atoms with van der Waals surface area (Å²) in [5.41, 5.74) is 2.16. The third-order valence-corrected chi connectivity index (χ3v) is 6.05. The van der Waals surface area contributed by atoms with Crippen molar-refractivity contribution in [2.24, 2.45) is 0 Å². The van der Waals surface area contributed by atoms with Gasteiger partial charge >= 0.3 is 0 Å². The van der Waals surface area contributed by atoms with E-state index in [1.165, 1.54) is 16.9 Å². The minimum absolute atomic E-state index is 0.0575. The molecule has 1 amide bonds. The molecule has 1 aromatic heterocycles. The van der Waals surface area contributed by atoms with E-state index in [-0.39, 0.29) is 5.91 Å². The van der Waals surface area contributed by atoms with Gasteiger partial charge in [0.25, 0.3) is 5.91 Å². The zero-order chi connectivity index (χ0) is 17.2. The third-order valence-electron chi connectivity index (χ3n) is 4.78.